The largest absolute Gasteiger partial charge is 0.493 e. The van der Waals surface area contributed by atoms with Crippen LogP contribution in [0.25, 0.3) is 11.4 Å². The van der Waals surface area contributed by atoms with Crippen LogP contribution in [0.15, 0.2) is 48.8 Å². The fraction of sp³-hybridized carbons (Fsp3) is 0.0625. The molecule has 9 nitrogen and oxygen atoms in total. The smallest absolute Gasteiger partial charge is 0.297 e. The van der Waals surface area contributed by atoms with E-state index in [1.54, 1.807) is 48.8 Å². The summed E-state index contributed by atoms with van der Waals surface area (Å²) in [4.78, 5) is 12.3. The number of benzene rings is 1. The molecule has 140 valence electrons. The van der Waals surface area contributed by atoms with Crippen molar-refractivity contribution >= 4 is 27.6 Å². The summed E-state index contributed by atoms with van der Waals surface area (Å²) in [6.07, 6.45) is 3.08. The number of nitrogens with two attached hydrogens (primary N) is 1. The lowest BCUT2D eigenvalue weighted by Gasteiger charge is -2.15. The minimum atomic E-state index is -4.15. The van der Waals surface area contributed by atoms with Crippen molar-refractivity contribution in [1.29, 1.82) is 0 Å². The summed E-state index contributed by atoms with van der Waals surface area (Å²) in [5.74, 6) is 0.539. The zero-order valence-electron chi connectivity index (χ0n) is 14.0. The fourth-order valence-electron chi connectivity index (χ4n) is 2.16. The molecule has 0 atom stereocenters. The highest BCUT2D eigenvalue weighted by molar-refractivity contribution is 7.90. The van der Waals surface area contributed by atoms with E-state index in [1.807, 2.05) is 0 Å². The molecule has 0 saturated heterocycles. The first-order valence-corrected chi connectivity index (χ1v) is 9.39. The number of methoxy groups -OCH3 is 1. The molecule has 0 aliphatic rings. The Morgan fingerprint density at radius 3 is 2.37 bits per heavy atom. The number of pyridine rings is 1. The minimum absolute atomic E-state index is 0.117. The first-order chi connectivity index (χ1) is 12.9. The van der Waals surface area contributed by atoms with E-state index in [1.165, 1.54) is 7.11 Å². The Hall–Kier alpha value is -2.95. The molecule has 3 aromatic rings. The third-order valence-corrected chi connectivity index (χ3v) is 4.02. The number of para-hydroxylation sites is 2. The highest BCUT2D eigenvalue weighted by atomic mass is 35.5. The van der Waals surface area contributed by atoms with Gasteiger partial charge in [-0.05, 0) is 24.3 Å². The van der Waals surface area contributed by atoms with Crippen molar-refractivity contribution < 1.29 is 17.9 Å². The average molecular weight is 408 g/mol. The van der Waals surface area contributed by atoms with Gasteiger partial charge in [0.15, 0.2) is 28.3 Å². The van der Waals surface area contributed by atoms with Gasteiger partial charge in [0.05, 0.1) is 7.11 Å². The van der Waals surface area contributed by atoms with Crippen LogP contribution >= 0.6 is 11.6 Å². The van der Waals surface area contributed by atoms with Gasteiger partial charge in [0.2, 0.25) is 5.75 Å². The number of ether oxygens (including phenoxy) is 2. The van der Waals surface area contributed by atoms with Crippen LogP contribution in [0, 0.1) is 0 Å². The third kappa shape index (κ3) is 4.61. The molecule has 11 heteroatoms. The second-order valence-electron chi connectivity index (χ2n) is 5.15. The molecule has 0 fully saturated rings. The molecule has 0 radical (unpaired) electrons. The first-order valence-electron chi connectivity index (χ1n) is 7.46. The van der Waals surface area contributed by atoms with Crippen LogP contribution in [-0.2, 0) is 10.2 Å². The SMILES string of the molecule is COc1ccccc1Oc1c(Cl)nc(-c2ccncc2)nc1NS(N)(=O)=O. The number of halogens is 1. The van der Waals surface area contributed by atoms with E-state index in [9.17, 15) is 8.42 Å². The predicted molar refractivity (Wildman–Crippen MR) is 100 cm³/mol. The molecule has 3 rings (SSSR count). The summed E-state index contributed by atoms with van der Waals surface area (Å²) in [5, 5.41) is 4.98. The molecule has 0 amide bonds. The van der Waals surface area contributed by atoms with Gasteiger partial charge in [0, 0.05) is 18.0 Å². The number of nitrogens with one attached hydrogen (secondary N) is 1. The van der Waals surface area contributed by atoms with Crippen molar-refractivity contribution in [2.75, 3.05) is 11.8 Å². The molecule has 2 heterocycles. The maximum atomic E-state index is 11.6. The lowest BCUT2D eigenvalue weighted by atomic mass is 10.2. The molecular weight excluding hydrogens is 394 g/mol. The molecule has 3 N–H and O–H groups in total. The van der Waals surface area contributed by atoms with Gasteiger partial charge in [-0.1, -0.05) is 23.7 Å². The standard InChI is InChI=1S/C16H14ClN5O4S/c1-25-11-4-2-3-5-12(11)26-13-14(17)20-15(10-6-8-19-9-7-10)21-16(13)22-27(18,23)24/h2-9H,1H3,(H2,18,23,24)(H,20,21,22). The van der Waals surface area contributed by atoms with E-state index in [0.29, 0.717) is 17.1 Å². The summed E-state index contributed by atoms with van der Waals surface area (Å²) >= 11 is 6.25. The zero-order valence-corrected chi connectivity index (χ0v) is 15.5. The Kier molecular flexibility index (Phi) is 5.40. The summed E-state index contributed by atoms with van der Waals surface area (Å²) in [5.41, 5.74) is 0.577. The summed E-state index contributed by atoms with van der Waals surface area (Å²) in [7, 11) is -2.68. The second kappa shape index (κ2) is 7.74. The Morgan fingerprint density at radius 1 is 1.07 bits per heavy atom. The van der Waals surface area contributed by atoms with Crippen LogP contribution in [0.2, 0.25) is 5.15 Å². The van der Waals surface area contributed by atoms with Crippen LogP contribution in [0.5, 0.6) is 17.2 Å². The van der Waals surface area contributed by atoms with Gasteiger partial charge >= 0.3 is 0 Å². The van der Waals surface area contributed by atoms with Gasteiger partial charge in [-0.25, -0.2) is 15.1 Å². The summed E-state index contributed by atoms with van der Waals surface area (Å²) in [6.45, 7) is 0. The van der Waals surface area contributed by atoms with Gasteiger partial charge in [-0.2, -0.15) is 8.42 Å². The molecule has 2 aromatic heterocycles. The van der Waals surface area contributed by atoms with Gasteiger partial charge in [-0.15, -0.1) is 0 Å². The minimum Gasteiger partial charge on any atom is -0.493 e. The predicted octanol–water partition coefficient (Wildman–Crippen LogP) is 2.61. The molecule has 0 bridgehead atoms. The van der Waals surface area contributed by atoms with E-state index in [4.69, 9.17) is 26.2 Å². The maximum Gasteiger partial charge on any atom is 0.297 e. The van der Waals surface area contributed by atoms with Crippen molar-refractivity contribution in [3.05, 3.63) is 53.9 Å². The van der Waals surface area contributed by atoms with E-state index in [2.05, 4.69) is 19.7 Å². The molecule has 0 spiro atoms. The van der Waals surface area contributed by atoms with Crippen LogP contribution in [0.1, 0.15) is 0 Å². The lowest BCUT2D eigenvalue weighted by Crippen LogP contribution is -2.23. The summed E-state index contributed by atoms with van der Waals surface area (Å²) < 4.78 is 36.1. The molecule has 0 saturated carbocycles. The normalized spacial score (nSPS) is 11.1. The Balaban J connectivity index is 2.12. The van der Waals surface area contributed by atoms with E-state index in [0.717, 1.165) is 0 Å². The number of rotatable bonds is 6. The van der Waals surface area contributed by atoms with Crippen molar-refractivity contribution in [3.63, 3.8) is 0 Å². The fourth-order valence-corrected chi connectivity index (χ4v) is 2.78. The molecule has 0 aliphatic carbocycles. The Labute approximate surface area is 160 Å². The Morgan fingerprint density at radius 2 is 1.74 bits per heavy atom. The second-order valence-corrected chi connectivity index (χ2v) is 6.80. The van der Waals surface area contributed by atoms with Gasteiger partial charge in [0.1, 0.15) is 0 Å². The highest BCUT2D eigenvalue weighted by Gasteiger charge is 2.20. The number of hydrogen-bond acceptors (Lipinski definition) is 7. The van der Waals surface area contributed by atoms with Gasteiger partial charge < -0.3 is 9.47 Å². The molecule has 27 heavy (non-hydrogen) atoms. The van der Waals surface area contributed by atoms with E-state index < -0.39 is 10.2 Å². The maximum absolute atomic E-state index is 11.6. The van der Waals surface area contributed by atoms with E-state index >= 15 is 0 Å². The quantitative estimate of drug-likeness (QED) is 0.600. The molecule has 0 unspecified atom stereocenters. The lowest BCUT2D eigenvalue weighted by molar-refractivity contribution is 0.378. The van der Waals surface area contributed by atoms with Gasteiger partial charge in [0.25, 0.3) is 10.2 Å². The molecular formula is C16H14ClN5O4S. The van der Waals surface area contributed by atoms with Gasteiger partial charge in [-0.3, -0.25) is 9.71 Å². The number of anilines is 1. The van der Waals surface area contributed by atoms with Crippen molar-refractivity contribution in [2.45, 2.75) is 0 Å². The van der Waals surface area contributed by atoms with Crippen molar-refractivity contribution in [1.82, 2.24) is 15.0 Å². The topological polar surface area (TPSA) is 129 Å². The van der Waals surface area contributed by atoms with Crippen molar-refractivity contribution in [3.8, 4) is 28.6 Å². The first kappa shape index (κ1) is 18.8. The molecule has 1 aromatic carbocycles. The van der Waals surface area contributed by atoms with Crippen LogP contribution in [0.3, 0.4) is 0 Å². The van der Waals surface area contributed by atoms with Crippen LogP contribution in [-0.4, -0.2) is 30.5 Å². The van der Waals surface area contributed by atoms with Crippen LogP contribution in [0.4, 0.5) is 5.82 Å². The number of nitrogens with zero attached hydrogens (tertiary/aromatic N) is 3. The third-order valence-electron chi connectivity index (χ3n) is 3.28. The average Bonchev–Trinajstić information content (AvgIpc) is 2.64. The highest BCUT2D eigenvalue weighted by Crippen LogP contribution is 2.39. The van der Waals surface area contributed by atoms with Crippen LogP contribution < -0.4 is 19.3 Å². The summed E-state index contributed by atoms with van der Waals surface area (Å²) in [6, 6.07) is 10.0. The monoisotopic (exact) mass is 407 g/mol. The van der Waals surface area contributed by atoms with Crippen molar-refractivity contribution in [2.24, 2.45) is 5.14 Å². The zero-order chi connectivity index (χ0) is 19.4. The van der Waals surface area contributed by atoms with E-state index in [-0.39, 0.29) is 22.5 Å². The number of aromatic nitrogens is 3. The molecule has 0 aliphatic heterocycles. The number of hydrogen-bond donors (Lipinski definition) is 2. The Bertz CT molecular complexity index is 1060.